The Morgan fingerprint density at radius 2 is 1.15 bits per heavy atom. The van der Waals surface area contributed by atoms with E-state index in [-0.39, 0.29) is 59.0 Å². The summed E-state index contributed by atoms with van der Waals surface area (Å²) in [5.74, 6) is -2.40. The number of carbonyl (C=O) groups excluding carboxylic acids is 4. The number of thioether (sulfide) groups is 2. The molecular formula is C69H58F3IN6O7S3. The topological polar surface area (TPSA) is 152 Å². The molecule has 13 nitrogen and oxygen atoms in total. The number of alkyl halides is 3. The van der Waals surface area contributed by atoms with E-state index in [1.807, 2.05) is 212 Å². The van der Waals surface area contributed by atoms with Crippen molar-refractivity contribution in [3.05, 3.63) is 298 Å². The molecule has 0 aliphatic carbocycles. The van der Waals surface area contributed by atoms with Crippen LogP contribution in [0.3, 0.4) is 0 Å². The lowest BCUT2D eigenvalue weighted by atomic mass is 9.77. The Balaban J connectivity index is 0.00000873. The first-order chi connectivity index (χ1) is 42.8. The molecule has 2 N–H and O–H groups in total. The number of benzene rings is 7. The number of aromatic nitrogens is 2. The Morgan fingerprint density at radius 1 is 0.685 bits per heavy atom. The van der Waals surface area contributed by atoms with E-state index < -0.39 is 71.7 Å². The molecule has 2 amide bonds. The van der Waals surface area contributed by atoms with Crippen LogP contribution < -0.4 is 39.2 Å². The zero-order chi connectivity index (χ0) is 61.0. The normalized spacial score (nSPS) is 15.3. The van der Waals surface area contributed by atoms with Gasteiger partial charge in [0.15, 0.2) is 35.4 Å². The fourth-order valence-electron chi connectivity index (χ4n) is 10.5. The molecule has 0 spiro atoms. The number of β-lactam (4-membered cyclic amide) rings is 1. The maximum Gasteiger partial charge on any atom is 0.448 e. The van der Waals surface area contributed by atoms with Gasteiger partial charge in [0.25, 0.3) is 11.8 Å². The lowest BCUT2D eigenvalue weighted by Gasteiger charge is -2.49. The number of nitrogens with zero attached hydrogens (tertiary/aromatic N) is 4. The highest BCUT2D eigenvalue weighted by Gasteiger charge is 2.55. The van der Waals surface area contributed by atoms with E-state index in [1.54, 1.807) is 24.4 Å². The van der Waals surface area contributed by atoms with Crippen LogP contribution >= 0.6 is 34.9 Å². The predicted octanol–water partition coefficient (Wildman–Crippen LogP) is 10.0. The average Bonchev–Trinajstić information content (AvgIpc) is 0.880. The maximum absolute atomic E-state index is 15.1. The summed E-state index contributed by atoms with van der Waals surface area (Å²) < 4.78 is 53.2. The summed E-state index contributed by atoms with van der Waals surface area (Å²) in [5, 5.41) is 12.3. The molecule has 452 valence electrons. The molecule has 3 atom stereocenters. The van der Waals surface area contributed by atoms with Gasteiger partial charge in [-0.2, -0.15) is 17.7 Å². The molecule has 89 heavy (non-hydrogen) atoms. The minimum Gasteiger partial charge on any atom is -1.00 e. The summed E-state index contributed by atoms with van der Waals surface area (Å²) in [4.78, 5) is 71.7. The molecule has 0 bridgehead atoms. The van der Waals surface area contributed by atoms with E-state index in [1.165, 1.54) is 52.2 Å². The molecule has 4 heterocycles. The highest BCUT2D eigenvalue weighted by atomic mass is 127. The van der Waals surface area contributed by atoms with Crippen LogP contribution in [-0.2, 0) is 45.6 Å². The Labute approximate surface area is 542 Å². The first-order valence-electron chi connectivity index (χ1n) is 28.2. The monoisotopic (exact) mass is 1360 g/mol. The predicted molar refractivity (Wildman–Crippen MR) is 334 cm³/mol. The number of amides is 2. The molecule has 1 unspecified atom stereocenters. The SMILES string of the molecule is CC(CC(=O)OC(c1ccccc1)c1ccccc1)O/N=C(\C(=O)N[C@@H]1C(=O)N2C(C(=O)OC(c3ccccc3)c3ccccc3)=C(CSc3cc[n+](CC(F)(F)F)cc3)CS[C@H]12)c1csc(NC(c2ccccc2)(c2ccccc2)c2ccccc2)n1.[I-]. The van der Waals surface area contributed by atoms with Crippen molar-refractivity contribution in [2.24, 2.45) is 5.16 Å². The summed E-state index contributed by atoms with van der Waals surface area (Å²) in [6.45, 7) is 0.470. The number of halogens is 4. The largest absolute Gasteiger partial charge is 1.00 e. The van der Waals surface area contributed by atoms with E-state index in [2.05, 4.69) is 15.8 Å². The van der Waals surface area contributed by atoms with Crippen LogP contribution in [0.1, 0.15) is 70.2 Å². The standard InChI is InChI=1S/C69H57F3N6O7S3.HI/c1-46(41-57(79)83-61(47-23-9-2-10-24-47)48-25-11-3-12-26-48)85-76-58(56-44-88-67(73-56)75-69(52-31-17-6-18-32-52,53-33-19-7-20-34-53)54-35-21-8-22-36-54)63(80)74-59-64(81)78-60(66(82)84-62(49-27-13-4-14-28-49)50-29-15-5-16-30-50)51(43-87-65(59)78)42-86-55-37-39-77(40-38-55)45-68(70,71)72;/h2-40,44,46,59,61-62,65H,41-43,45H2,1H3,(H-,73,74,75,80);1H/b76-58-;/t46?,59-,65-;/m1./s1. The molecule has 0 saturated carbocycles. The van der Waals surface area contributed by atoms with E-state index in [4.69, 9.17) is 19.3 Å². The van der Waals surface area contributed by atoms with Crippen LogP contribution in [-0.4, -0.2) is 74.6 Å². The Morgan fingerprint density at radius 3 is 1.62 bits per heavy atom. The van der Waals surface area contributed by atoms with E-state index >= 15 is 4.79 Å². The summed E-state index contributed by atoms with van der Waals surface area (Å²) in [7, 11) is 0. The number of thiazole rings is 1. The second kappa shape index (κ2) is 29.2. The Bertz CT molecular complexity index is 3740. The van der Waals surface area contributed by atoms with Gasteiger partial charge in [-0.3, -0.25) is 19.3 Å². The number of pyridine rings is 1. The van der Waals surface area contributed by atoms with Crippen LogP contribution in [0.5, 0.6) is 0 Å². The summed E-state index contributed by atoms with van der Waals surface area (Å²) in [6, 6.07) is 68.8. The number of carbonyl (C=O) groups is 4. The summed E-state index contributed by atoms with van der Waals surface area (Å²) in [6.07, 6.45) is -4.52. The molecule has 2 aliphatic heterocycles. The number of fused-ring (bicyclic) bond motifs is 1. The van der Waals surface area contributed by atoms with Crippen LogP contribution in [0.2, 0.25) is 0 Å². The van der Waals surface area contributed by atoms with Gasteiger partial charge in [-0.15, -0.1) is 34.9 Å². The number of hydrogen-bond acceptors (Lipinski definition) is 13. The van der Waals surface area contributed by atoms with E-state index in [0.717, 1.165) is 32.4 Å². The third-order valence-corrected chi connectivity index (χ3v) is 17.9. The molecular weight excluding hydrogens is 1300 g/mol. The zero-order valence-electron chi connectivity index (χ0n) is 47.7. The first kappa shape index (κ1) is 63.4. The number of rotatable bonds is 23. The van der Waals surface area contributed by atoms with Gasteiger partial charge in [0.05, 0.1) is 6.42 Å². The zero-order valence-corrected chi connectivity index (χ0v) is 52.3. The fourth-order valence-corrected chi connectivity index (χ4v) is 13.6. The van der Waals surface area contributed by atoms with Gasteiger partial charge < -0.3 is 48.9 Å². The van der Waals surface area contributed by atoms with Crippen molar-refractivity contribution < 1.29 is 75.2 Å². The molecule has 1 saturated heterocycles. The minimum absolute atomic E-state index is 0. The second-order valence-corrected chi connectivity index (χ2v) is 23.8. The fraction of sp³-hybridized carbons (Fsp3) is 0.174. The molecule has 9 aromatic rings. The van der Waals surface area contributed by atoms with Crippen LogP contribution in [0.25, 0.3) is 0 Å². The molecule has 7 aromatic carbocycles. The van der Waals surface area contributed by atoms with Crippen molar-refractivity contribution in [1.29, 1.82) is 0 Å². The van der Waals surface area contributed by atoms with Crippen molar-refractivity contribution in [2.45, 2.75) is 66.2 Å². The van der Waals surface area contributed by atoms with Gasteiger partial charge in [0.2, 0.25) is 6.54 Å². The number of oxime groups is 1. The maximum atomic E-state index is 15.1. The molecule has 0 radical (unpaired) electrons. The third kappa shape index (κ3) is 15.1. The molecule has 2 aliphatic rings. The number of nitrogens with one attached hydrogen (secondary N) is 2. The highest BCUT2D eigenvalue weighted by molar-refractivity contribution is 8.01. The average molecular weight is 1360 g/mol. The van der Waals surface area contributed by atoms with Crippen LogP contribution in [0, 0.1) is 0 Å². The van der Waals surface area contributed by atoms with Gasteiger partial charge in [-0.1, -0.05) is 217 Å². The van der Waals surface area contributed by atoms with Crippen molar-refractivity contribution >= 4 is 69.5 Å². The summed E-state index contributed by atoms with van der Waals surface area (Å²) in [5.41, 5.74) is 4.99. The Hall–Kier alpha value is -8.57. The third-order valence-electron chi connectivity index (χ3n) is 14.7. The van der Waals surface area contributed by atoms with Gasteiger partial charge in [-0.05, 0) is 51.4 Å². The van der Waals surface area contributed by atoms with Gasteiger partial charge >= 0.3 is 18.1 Å². The molecule has 1 fully saturated rings. The number of esters is 2. The second-order valence-electron chi connectivity index (χ2n) is 20.8. The first-order valence-corrected chi connectivity index (χ1v) is 31.1. The smallest absolute Gasteiger partial charge is 0.448 e. The number of anilines is 1. The molecule has 20 heteroatoms. The van der Waals surface area contributed by atoms with Gasteiger partial charge in [0.1, 0.15) is 34.4 Å². The Kier molecular flexibility index (Phi) is 20.8. The van der Waals surface area contributed by atoms with Crippen LogP contribution in [0.15, 0.2) is 264 Å². The lowest BCUT2D eigenvalue weighted by molar-refractivity contribution is -0.719. The van der Waals surface area contributed by atoms with Crippen molar-refractivity contribution in [1.82, 2.24) is 15.2 Å². The minimum atomic E-state index is -4.41. The van der Waals surface area contributed by atoms with Crippen LogP contribution in [0.4, 0.5) is 18.3 Å². The number of ether oxygens (including phenoxy) is 2. The number of hydrogen-bond donors (Lipinski definition) is 2. The highest BCUT2D eigenvalue weighted by Crippen LogP contribution is 2.44. The van der Waals surface area contributed by atoms with Crippen molar-refractivity contribution in [2.75, 3.05) is 16.8 Å². The lowest BCUT2D eigenvalue weighted by Crippen LogP contribution is -3.00. The van der Waals surface area contributed by atoms with Gasteiger partial charge in [-0.25, -0.2) is 9.78 Å². The van der Waals surface area contributed by atoms with Crippen molar-refractivity contribution in [3.63, 3.8) is 0 Å². The quantitative estimate of drug-likeness (QED) is 0.00920. The molecule has 2 aromatic heterocycles. The van der Waals surface area contributed by atoms with E-state index in [9.17, 15) is 27.6 Å². The summed E-state index contributed by atoms with van der Waals surface area (Å²) >= 11 is 3.84. The van der Waals surface area contributed by atoms with Gasteiger partial charge in [0, 0.05) is 33.9 Å². The van der Waals surface area contributed by atoms with Crippen molar-refractivity contribution in [3.8, 4) is 0 Å². The van der Waals surface area contributed by atoms with E-state index in [0.29, 0.717) is 26.7 Å². The molecule has 11 rings (SSSR count).